The maximum absolute atomic E-state index is 12.8. The van der Waals surface area contributed by atoms with Gasteiger partial charge in [0.2, 0.25) is 0 Å². The van der Waals surface area contributed by atoms with Gasteiger partial charge in [-0.3, -0.25) is 4.79 Å². The van der Waals surface area contributed by atoms with Gasteiger partial charge in [-0.05, 0) is 58.4 Å². The lowest BCUT2D eigenvalue weighted by Crippen LogP contribution is -2.16. The summed E-state index contributed by atoms with van der Waals surface area (Å²) in [5, 5.41) is 2.89. The second kappa shape index (κ2) is 9.09. The van der Waals surface area contributed by atoms with E-state index < -0.39 is 0 Å². The number of amides is 1. The van der Waals surface area contributed by atoms with Crippen LogP contribution in [0.4, 0.5) is 5.69 Å². The lowest BCUT2D eigenvalue weighted by atomic mass is 10.1. The van der Waals surface area contributed by atoms with Crippen LogP contribution in [-0.2, 0) is 6.61 Å². The third kappa shape index (κ3) is 4.52. The lowest BCUT2D eigenvalue weighted by molar-refractivity contribution is 0.102. The number of halogens is 1. The minimum Gasteiger partial charge on any atom is -0.496 e. The Morgan fingerprint density at radius 3 is 2.60 bits per heavy atom. The van der Waals surface area contributed by atoms with E-state index in [4.69, 9.17) is 18.9 Å². The Balaban J connectivity index is 1.50. The number of carbonyl (C=O) groups is 1. The Hall–Kier alpha value is -3.19. The normalized spacial score (nSPS) is 12.2. The Labute approximate surface area is 182 Å². The van der Waals surface area contributed by atoms with Crippen molar-refractivity contribution in [1.29, 1.82) is 0 Å². The van der Waals surface area contributed by atoms with Crippen LogP contribution in [0, 0.1) is 0 Å². The Kier molecular flexibility index (Phi) is 6.09. The van der Waals surface area contributed by atoms with Crippen LogP contribution in [0.1, 0.15) is 15.9 Å². The molecule has 0 unspecified atom stereocenters. The highest BCUT2D eigenvalue weighted by atomic mass is 79.9. The predicted octanol–water partition coefficient (Wildman–Crippen LogP) is 5.06. The summed E-state index contributed by atoms with van der Waals surface area (Å²) in [5.41, 5.74) is 1.89. The number of carbonyl (C=O) groups excluding carboxylic acids is 1. The molecule has 1 amide bonds. The first-order valence-electron chi connectivity index (χ1n) is 9.39. The Morgan fingerprint density at radius 1 is 1.00 bits per heavy atom. The highest BCUT2D eigenvalue weighted by Gasteiger charge is 2.15. The van der Waals surface area contributed by atoms with Crippen LogP contribution in [-0.4, -0.2) is 26.2 Å². The summed E-state index contributed by atoms with van der Waals surface area (Å²) in [4.78, 5) is 12.8. The molecule has 0 radical (unpaired) electrons. The fourth-order valence-electron chi connectivity index (χ4n) is 3.07. The molecule has 0 bridgehead atoms. The van der Waals surface area contributed by atoms with Gasteiger partial charge in [0.05, 0.1) is 11.6 Å². The average Bonchev–Trinajstić information content (AvgIpc) is 2.78. The van der Waals surface area contributed by atoms with Crippen LogP contribution < -0.4 is 24.3 Å². The van der Waals surface area contributed by atoms with Crippen molar-refractivity contribution in [2.24, 2.45) is 0 Å². The number of methoxy groups -OCH3 is 1. The van der Waals surface area contributed by atoms with Crippen LogP contribution in [0.25, 0.3) is 0 Å². The number of hydrogen-bond donors (Lipinski definition) is 1. The molecule has 0 saturated carbocycles. The number of hydrogen-bond acceptors (Lipinski definition) is 5. The lowest BCUT2D eigenvalue weighted by Gasteiger charge is -2.19. The van der Waals surface area contributed by atoms with Gasteiger partial charge in [0.25, 0.3) is 5.91 Å². The summed E-state index contributed by atoms with van der Waals surface area (Å²) >= 11 is 3.47. The van der Waals surface area contributed by atoms with Crippen molar-refractivity contribution < 1.29 is 23.7 Å². The monoisotopic (exact) mass is 469 g/mol. The van der Waals surface area contributed by atoms with Gasteiger partial charge in [0.1, 0.15) is 31.3 Å². The zero-order valence-corrected chi connectivity index (χ0v) is 17.9. The SMILES string of the molecule is COc1ccc(C(=O)Nc2ccc3c(c2)OCCO3)cc1COc1ccccc1Br. The summed E-state index contributed by atoms with van der Waals surface area (Å²) in [7, 11) is 1.59. The van der Waals surface area contributed by atoms with Gasteiger partial charge in [-0.1, -0.05) is 12.1 Å². The molecule has 0 atom stereocenters. The molecule has 1 N–H and O–H groups in total. The first-order valence-corrected chi connectivity index (χ1v) is 10.2. The van der Waals surface area contributed by atoms with Crippen molar-refractivity contribution in [3.63, 3.8) is 0 Å². The smallest absolute Gasteiger partial charge is 0.255 e. The molecule has 154 valence electrons. The molecule has 0 fully saturated rings. The second-order valence-electron chi connectivity index (χ2n) is 6.56. The molecule has 1 heterocycles. The van der Waals surface area contributed by atoms with Gasteiger partial charge in [-0.2, -0.15) is 0 Å². The van der Waals surface area contributed by atoms with Crippen molar-refractivity contribution in [2.45, 2.75) is 6.61 Å². The van der Waals surface area contributed by atoms with Gasteiger partial charge in [0.15, 0.2) is 11.5 Å². The summed E-state index contributed by atoms with van der Waals surface area (Å²) in [6.45, 7) is 1.27. The van der Waals surface area contributed by atoms with Crippen molar-refractivity contribution in [2.75, 3.05) is 25.6 Å². The van der Waals surface area contributed by atoms with Crippen molar-refractivity contribution in [3.05, 3.63) is 76.3 Å². The number of anilines is 1. The van der Waals surface area contributed by atoms with Gasteiger partial charge in [-0.25, -0.2) is 0 Å². The number of benzene rings is 3. The van der Waals surface area contributed by atoms with E-state index in [2.05, 4.69) is 21.2 Å². The molecule has 0 aliphatic carbocycles. The molecule has 3 aromatic rings. The largest absolute Gasteiger partial charge is 0.496 e. The molecule has 1 aliphatic rings. The van der Waals surface area contributed by atoms with E-state index in [1.54, 1.807) is 43.5 Å². The molecular weight excluding hydrogens is 450 g/mol. The third-order valence-electron chi connectivity index (χ3n) is 4.56. The maximum atomic E-state index is 12.8. The maximum Gasteiger partial charge on any atom is 0.255 e. The summed E-state index contributed by atoms with van der Waals surface area (Å²) in [5.74, 6) is 2.42. The molecule has 30 heavy (non-hydrogen) atoms. The Bertz CT molecular complexity index is 1070. The van der Waals surface area contributed by atoms with Crippen LogP contribution >= 0.6 is 15.9 Å². The zero-order chi connectivity index (χ0) is 20.9. The van der Waals surface area contributed by atoms with Gasteiger partial charge >= 0.3 is 0 Å². The summed E-state index contributed by atoms with van der Waals surface area (Å²) in [6, 6.07) is 18.2. The van der Waals surface area contributed by atoms with E-state index in [-0.39, 0.29) is 12.5 Å². The summed E-state index contributed by atoms with van der Waals surface area (Å²) in [6.07, 6.45) is 0. The fraction of sp³-hybridized carbons (Fsp3) is 0.174. The number of para-hydroxylation sites is 1. The highest BCUT2D eigenvalue weighted by Crippen LogP contribution is 2.33. The minimum absolute atomic E-state index is 0.239. The van der Waals surface area contributed by atoms with E-state index in [9.17, 15) is 4.79 Å². The molecule has 6 nitrogen and oxygen atoms in total. The van der Waals surface area contributed by atoms with Crippen molar-refractivity contribution in [1.82, 2.24) is 0 Å². The van der Waals surface area contributed by atoms with Crippen LogP contribution in [0.5, 0.6) is 23.0 Å². The van der Waals surface area contributed by atoms with Crippen LogP contribution in [0.2, 0.25) is 0 Å². The first-order chi connectivity index (χ1) is 14.6. The molecule has 1 aliphatic heterocycles. The van der Waals surface area contributed by atoms with Gasteiger partial charge in [0, 0.05) is 22.9 Å². The predicted molar refractivity (Wildman–Crippen MR) is 117 cm³/mol. The number of rotatable bonds is 6. The number of nitrogens with one attached hydrogen (secondary N) is 1. The van der Waals surface area contributed by atoms with E-state index in [0.29, 0.717) is 47.5 Å². The van der Waals surface area contributed by atoms with Gasteiger partial charge < -0.3 is 24.3 Å². The number of fused-ring (bicyclic) bond motifs is 1. The molecule has 7 heteroatoms. The zero-order valence-electron chi connectivity index (χ0n) is 16.3. The van der Waals surface area contributed by atoms with Crippen molar-refractivity contribution in [3.8, 4) is 23.0 Å². The van der Waals surface area contributed by atoms with E-state index >= 15 is 0 Å². The minimum atomic E-state index is -0.239. The van der Waals surface area contributed by atoms with Gasteiger partial charge in [-0.15, -0.1) is 0 Å². The van der Waals surface area contributed by atoms with E-state index in [1.807, 2.05) is 24.3 Å². The fourth-order valence-corrected chi connectivity index (χ4v) is 3.47. The second-order valence-corrected chi connectivity index (χ2v) is 7.41. The first kappa shape index (κ1) is 20.1. The molecule has 0 aromatic heterocycles. The van der Waals surface area contributed by atoms with Crippen molar-refractivity contribution >= 4 is 27.5 Å². The standard InChI is InChI=1S/C23H20BrNO5/c1-27-19-8-6-15(12-16(19)14-30-20-5-3-2-4-18(20)24)23(26)25-17-7-9-21-22(13-17)29-11-10-28-21/h2-9,12-13H,10-11,14H2,1H3,(H,25,26). The molecule has 4 rings (SSSR count). The molecule has 3 aromatic carbocycles. The molecule has 0 spiro atoms. The average molecular weight is 470 g/mol. The summed E-state index contributed by atoms with van der Waals surface area (Å²) < 4.78 is 23.3. The topological polar surface area (TPSA) is 66.0 Å². The molecular formula is C23H20BrNO5. The molecule has 0 saturated heterocycles. The van der Waals surface area contributed by atoms with E-state index in [1.165, 1.54) is 0 Å². The van der Waals surface area contributed by atoms with E-state index in [0.717, 1.165) is 10.0 Å². The number of ether oxygens (including phenoxy) is 4. The van der Waals surface area contributed by atoms with Crippen LogP contribution in [0.3, 0.4) is 0 Å². The quantitative estimate of drug-likeness (QED) is 0.546. The van der Waals surface area contributed by atoms with Crippen LogP contribution in [0.15, 0.2) is 65.1 Å². The highest BCUT2D eigenvalue weighted by molar-refractivity contribution is 9.10. The third-order valence-corrected chi connectivity index (χ3v) is 5.22. The Morgan fingerprint density at radius 2 is 1.80 bits per heavy atom.